The maximum absolute atomic E-state index is 13.1. The lowest BCUT2D eigenvalue weighted by atomic mass is 10.0. The van der Waals surface area contributed by atoms with Crippen molar-refractivity contribution in [2.24, 2.45) is 0 Å². The fourth-order valence-corrected chi connectivity index (χ4v) is 6.13. The summed E-state index contributed by atoms with van der Waals surface area (Å²) in [6.07, 6.45) is 9.87. The maximum Gasteiger partial charge on any atom is 0.472 e. The number of halogens is 3. The molecule has 0 bridgehead atoms. The number of alkyl halides is 3. The summed E-state index contributed by atoms with van der Waals surface area (Å²) < 4.78 is 66.8. The van der Waals surface area contributed by atoms with Crippen LogP contribution in [0.3, 0.4) is 0 Å². The lowest BCUT2D eigenvalue weighted by Crippen LogP contribution is -2.40. The Balaban J connectivity index is 1.54. The molecule has 2 heterocycles. The van der Waals surface area contributed by atoms with Crippen LogP contribution in [0.15, 0.2) is 15.8 Å². The molecule has 0 saturated carbocycles. The van der Waals surface area contributed by atoms with Gasteiger partial charge in [-0.2, -0.15) is 13.2 Å². The Hall–Kier alpha value is -1.54. The predicted octanol–water partition coefficient (Wildman–Crippen LogP) is 6.35. The van der Waals surface area contributed by atoms with Crippen LogP contribution in [-0.2, 0) is 24.5 Å². The Morgan fingerprint density at radius 2 is 1.29 bits per heavy atom. The van der Waals surface area contributed by atoms with E-state index in [0.717, 1.165) is 25.7 Å². The summed E-state index contributed by atoms with van der Waals surface area (Å²) in [7, 11) is -4.56. The highest BCUT2D eigenvalue weighted by molar-refractivity contribution is 7.47. The number of aliphatic hydroxyl groups is 2. The number of unbranched alkanes of at least 4 members (excludes halogenated alkanes) is 17. The Kier molecular flexibility index (Phi) is 18.2. The number of aromatic nitrogens is 2. The number of aliphatic hydroxyl groups excluding tert-OH is 2. The summed E-state index contributed by atoms with van der Waals surface area (Å²) in [6, 6.07) is 0. The molecule has 0 spiro atoms. The van der Waals surface area contributed by atoms with Crippen LogP contribution < -0.4 is 11.2 Å². The van der Waals surface area contributed by atoms with Gasteiger partial charge < -0.3 is 19.8 Å². The first kappa shape index (κ1) is 39.6. The number of nitrogens with zero attached hydrogens (tertiary/aromatic N) is 1. The monoisotopic (exact) mass is 672 g/mol. The van der Waals surface area contributed by atoms with Crippen molar-refractivity contribution < 1.29 is 46.6 Å². The number of hydrogen-bond acceptors (Lipinski definition) is 8. The van der Waals surface area contributed by atoms with Crippen molar-refractivity contribution in [1.82, 2.24) is 9.55 Å². The topological polar surface area (TPSA) is 160 Å². The van der Waals surface area contributed by atoms with Crippen molar-refractivity contribution in [2.45, 2.75) is 153 Å². The van der Waals surface area contributed by atoms with E-state index in [9.17, 15) is 42.4 Å². The van der Waals surface area contributed by atoms with Crippen LogP contribution in [0.4, 0.5) is 13.2 Å². The van der Waals surface area contributed by atoms with E-state index in [1.54, 1.807) is 0 Å². The molecule has 0 radical (unpaired) electrons. The molecular weight excluding hydrogens is 620 g/mol. The smallest absolute Gasteiger partial charge is 0.387 e. The van der Waals surface area contributed by atoms with E-state index in [0.29, 0.717) is 6.42 Å². The van der Waals surface area contributed by atoms with Gasteiger partial charge in [-0.3, -0.25) is 23.4 Å². The normalized spacial score (nSPS) is 21.8. The second kappa shape index (κ2) is 20.6. The number of phosphoric acid groups is 1. The van der Waals surface area contributed by atoms with Gasteiger partial charge in [0.05, 0.1) is 13.2 Å². The van der Waals surface area contributed by atoms with Gasteiger partial charge in [0.15, 0.2) is 6.23 Å². The van der Waals surface area contributed by atoms with Crippen molar-refractivity contribution >= 4 is 7.82 Å². The average Bonchev–Trinajstić information content (AvgIpc) is 3.25. The van der Waals surface area contributed by atoms with Crippen molar-refractivity contribution in [1.29, 1.82) is 0 Å². The van der Waals surface area contributed by atoms with Crippen LogP contribution in [0.5, 0.6) is 0 Å². The summed E-state index contributed by atoms with van der Waals surface area (Å²) in [5.41, 5.74) is -4.70. The van der Waals surface area contributed by atoms with E-state index in [4.69, 9.17) is 13.8 Å². The molecule has 1 saturated heterocycles. The zero-order valence-electron chi connectivity index (χ0n) is 26.3. The molecule has 5 atom stereocenters. The van der Waals surface area contributed by atoms with Gasteiger partial charge in [0, 0.05) is 6.20 Å². The quantitative estimate of drug-likeness (QED) is 0.0725. The molecule has 1 fully saturated rings. The van der Waals surface area contributed by atoms with Gasteiger partial charge in [0.2, 0.25) is 0 Å². The summed E-state index contributed by atoms with van der Waals surface area (Å²) in [5.74, 6) is 0. The molecule has 4 N–H and O–H groups in total. The van der Waals surface area contributed by atoms with Crippen molar-refractivity contribution in [3.63, 3.8) is 0 Å². The highest BCUT2D eigenvalue weighted by atomic mass is 31.2. The van der Waals surface area contributed by atoms with Crippen molar-refractivity contribution in [2.75, 3.05) is 13.2 Å². The first-order valence-electron chi connectivity index (χ1n) is 16.4. The van der Waals surface area contributed by atoms with Crippen LogP contribution in [0.25, 0.3) is 0 Å². The number of rotatable bonds is 24. The van der Waals surface area contributed by atoms with E-state index in [1.165, 1.54) is 88.5 Å². The van der Waals surface area contributed by atoms with E-state index >= 15 is 0 Å². The van der Waals surface area contributed by atoms with E-state index < -0.39 is 62.0 Å². The van der Waals surface area contributed by atoms with E-state index in [1.807, 2.05) is 0 Å². The molecule has 45 heavy (non-hydrogen) atoms. The highest BCUT2D eigenvalue weighted by Gasteiger charge is 2.46. The van der Waals surface area contributed by atoms with Gasteiger partial charge in [-0.1, -0.05) is 116 Å². The fraction of sp³-hybridized carbons (Fsp3) is 0.867. The molecule has 1 unspecified atom stereocenters. The van der Waals surface area contributed by atoms with Crippen LogP contribution in [0.2, 0.25) is 0 Å². The zero-order chi connectivity index (χ0) is 33.3. The molecule has 262 valence electrons. The van der Waals surface area contributed by atoms with Gasteiger partial charge in [-0.05, 0) is 6.42 Å². The van der Waals surface area contributed by atoms with Crippen LogP contribution in [0.1, 0.15) is 134 Å². The summed E-state index contributed by atoms with van der Waals surface area (Å²) in [6.45, 7) is 1.44. The van der Waals surface area contributed by atoms with Crippen LogP contribution in [-0.4, -0.2) is 56.2 Å². The second-order valence-electron chi connectivity index (χ2n) is 11.9. The van der Waals surface area contributed by atoms with Crippen molar-refractivity contribution in [3.05, 3.63) is 32.6 Å². The molecule has 0 amide bonds. The number of nitrogens with one attached hydrogen (secondary N) is 1. The average molecular weight is 673 g/mol. The highest BCUT2D eigenvalue weighted by Crippen LogP contribution is 2.44. The number of aromatic amines is 1. The van der Waals surface area contributed by atoms with Gasteiger partial charge in [-0.25, -0.2) is 9.36 Å². The summed E-state index contributed by atoms with van der Waals surface area (Å²) >= 11 is 0. The zero-order valence-corrected chi connectivity index (χ0v) is 27.2. The third-order valence-corrected chi connectivity index (χ3v) is 9.02. The molecule has 11 nitrogen and oxygen atoms in total. The molecule has 15 heteroatoms. The molecule has 1 aromatic heterocycles. The molecule has 2 rings (SSSR count). The largest absolute Gasteiger partial charge is 0.472 e. The number of phosphoric ester groups is 1. The number of ether oxygens (including phenoxy) is 1. The molecule has 1 aliphatic heterocycles. The van der Waals surface area contributed by atoms with Gasteiger partial charge in [0.25, 0.3) is 5.56 Å². The van der Waals surface area contributed by atoms with Crippen LogP contribution >= 0.6 is 7.82 Å². The second-order valence-corrected chi connectivity index (χ2v) is 13.3. The third kappa shape index (κ3) is 14.8. The van der Waals surface area contributed by atoms with Crippen molar-refractivity contribution in [3.8, 4) is 0 Å². The SMILES string of the molecule is CCCCCCCCCCCCCCCCCCCCOP(=O)(O)OC[C@H]1O[C@@H](n2cc(C(F)(F)F)c(=O)[nH]c2=O)[C@H](O)[C@@H]1O. The van der Waals surface area contributed by atoms with E-state index in [2.05, 4.69) is 6.92 Å². The van der Waals surface area contributed by atoms with Gasteiger partial charge in [-0.15, -0.1) is 0 Å². The molecule has 1 aromatic rings. The molecule has 0 aliphatic carbocycles. The Morgan fingerprint density at radius 3 is 1.76 bits per heavy atom. The summed E-state index contributed by atoms with van der Waals surface area (Å²) in [4.78, 5) is 35.0. The lowest BCUT2D eigenvalue weighted by Gasteiger charge is -2.19. The molecular formula is C30H52F3N2O9P. The standard InChI is InChI=1S/C30H52F3N2O9P/c1-2-3-4-5-6-7-8-9-10-11-12-13-14-15-16-17-18-19-20-42-45(40,41)43-22-24-25(36)26(37)28(44-24)35-21-23(30(31,32)33)27(38)34-29(35)39/h21,24-26,28,36-37H,2-20,22H2,1H3,(H,40,41)(H,34,38,39)/t24-,25-,26-,28-/m1/s1. The lowest BCUT2D eigenvalue weighted by molar-refractivity contribution is -0.140. The predicted molar refractivity (Wildman–Crippen MR) is 163 cm³/mol. The maximum atomic E-state index is 13.1. The third-order valence-electron chi connectivity index (χ3n) is 8.04. The first-order chi connectivity index (χ1) is 21.4. The minimum Gasteiger partial charge on any atom is -0.387 e. The summed E-state index contributed by atoms with van der Waals surface area (Å²) in [5, 5.41) is 20.5. The minimum atomic E-state index is -5.10. The number of H-pyrrole nitrogens is 1. The van der Waals surface area contributed by atoms with E-state index in [-0.39, 0.29) is 17.4 Å². The molecule has 0 aromatic carbocycles. The van der Waals surface area contributed by atoms with Gasteiger partial charge >= 0.3 is 19.7 Å². The Morgan fingerprint density at radius 1 is 0.822 bits per heavy atom. The van der Waals surface area contributed by atoms with Gasteiger partial charge in [0.1, 0.15) is 23.9 Å². The minimum absolute atomic E-state index is 0.0428. The van der Waals surface area contributed by atoms with Crippen LogP contribution in [0, 0.1) is 0 Å². The Bertz CT molecular complexity index is 1130. The first-order valence-corrected chi connectivity index (χ1v) is 17.9. The Labute approximate surface area is 263 Å². The fourth-order valence-electron chi connectivity index (χ4n) is 5.36. The number of hydrogen-bond donors (Lipinski definition) is 4. The molecule has 1 aliphatic rings.